The van der Waals surface area contributed by atoms with Gasteiger partial charge in [0.1, 0.15) is 11.6 Å². The van der Waals surface area contributed by atoms with Crippen LogP contribution in [-0.4, -0.2) is 69.7 Å². The van der Waals surface area contributed by atoms with Gasteiger partial charge in [0, 0.05) is 25.8 Å². The van der Waals surface area contributed by atoms with Crippen LogP contribution < -0.4 is 14.8 Å². The number of likely N-dealkylation sites (tertiary alicyclic amines) is 1. The lowest BCUT2D eigenvalue weighted by molar-refractivity contribution is -0.128. The molecule has 152 valence electrons. The van der Waals surface area contributed by atoms with Crippen LogP contribution in [0.3, 0.4) is 0 Å². The number of ether oxygens (including phenoxy) is 2. The number of piperidine rings is 1. The third-order valence-corrected chi connectivity index (χ3v) is 5.16. The molecule has 0 radical (unpaired) electrons. The van der Waals surface area contributed by atoms with Gasteiger partial charge in [0.2, 0.25) is 0 Å². The van der Waals surface area contributed by atoms with Crippen molar-refractivity contribution in [1.29, 1.82) is 5.26 Å². The van der Waals surface area contributed by atoms with Crippen LogP contribution in [0, 0.1) is 11.3 Å². The maximum absolute atomic E-state index is 12.6. The predicted octanol–water partition coefficient (Wildman–Crippen LogP) is 1.80. The highest BCUT2D eigenvalue weighted by molar-refractivity contribution is 5.97. The molecule has 1 aromatic carbocycles. The summed E-state index contributed by atoms with van der Waals surface area (Å²) in [6.45, 7) is 2.54. The third kappa shape index (κ3) is 5.64. The van der Waals surface area contributed by atoms with Crippen molar-refractivity contribution >= 4 is 5.91 Å². The molecule has 1 aliphatic heterocycles. The van der Waals surface area contributed by atoms with Gasteiger partial charge in [0.25, 0.3) is 5.91 Å². The van der Waals surface area contributed by atoms with E-state index in [2.05, 4.69) is 17.3 Å². The Morgan fingerprint density at radius 3 is 2.61 bits per heavy atom. The molecule has 0 unspecified atom stereocenters. The van der Waals surface area contributed by atoms with Gasteiger partial charge in [-0.1, -0.05) is 6.07 Å². The van der Waals surface area contributed by atoms with E-state index in [1.807, 2.05) is 24.3 Å². The van der Waals surface area contributed by atoms with Gasteiger partial charge >= 0.3 is 0 Å². The Morgan fingerprint density at radius 2 is 2.00 bits per heavy atom. The average molecular weight is 386 g/mol. The van der Waals surface area contributed by atoms with Gasteiger partial charge in [0.15, 0.2) is 11.5 Å². The second-order valence-corrected chi connectivity index (χ2v) is 7.01. The quantitative estimate of drug-likeness (QED) is 0.417. The number of nitrogens with zero attached hydrogens (tertiary/aromatic N) is 3. The Balaban J connectivity index is 1.89. The zero-order chi connectivity index (χ0) is 20.5. The lowest BCUT2D eigenvalue weighted by Gasteiger charge is -2.34. The van der Waals surface area contributed by atoms with Crippen LogP contribution in [0.15, 0.2) is 30.0 Å². The topological polar surface area (TPSA) is 77.8 Å². The highest BCUT2D eigenvalue weighted by Crippen LogP contribution is 2.27. The van der Waals surface area contributed by atoms with Crippen molar-refractivity contribution in [3.63, 3.8) is 0 Å². The van der Waals surface area contributed by atoms with Crippen LogP contribution in [-0.2, 0) is 11.2 Å². The maximum Gasteiger partial charge on any atom is 0.265 e. The minimum atomic E-state index is -0.226. The maximum atomic E-state index is 12.6. The van der Waals surface area contributed by atoms with Gasteiger partial charge in [0.05, 0.1) is 14.2 Å². The monoisotopic (exact) mass is 386 g/mol. The molecule has 1 N–H and O–H groups in total. The van der Waals surface area contributed by atoms with E-state index in [0.29, 0.717) is 18.0 Å². The highest BCUT2D eigenvalue weighted by atomic mass is 16.5. The summed E-state index contributed by atoms with van der Waals surface area (Å²) < 4.78 is 10.5. The molecule has 0 aromatic heterocycles. The molecule has 0 aliphatic carbocycles. The van der Waals surface area contributed by atoms with Crippen molar-refractivity contribution in [2.24, 2.45) is 0 Å². The van der Waals surface area contributed by atoms with Gasteiger partial charge in [-0.15, -0.1) is 0 Å². The minimum Gasteiger partial charge on any atom is -0.493 e. The first-order valence-corrected chi connectivity index (χ1v) is 9.50. The number of nitriles is 1. The molecule has 1 aliphatic rings. The molecular formula is C21H30N4O3. The van der Waals surface area contributed by atoms with Crippen LogP contribution in [0.1, 0.15) is 18.4 Å². The smallest absolute Gasteiger partial charge is 0.265 e. The Bertz CT molecular complexity index is 734. The fourth-order valence-electron chi connectivity index (χ4n) is 3.31. The van der Waals surface area contributed by atoms with E-state index in [1.165, 1.54) is 6.20 Å². The van der Waals surface area contributed by atoms with Crippen LogP contribution in [0.5, 0.6) is 11.5 Å². The van der Waals surface area contributed by atoms with Crippen molar-refractivity contribution in [3.05, 3.63) is 35.5 Å². The summed E-state index contributed by atoms with van der Waals surface area (Å²) in [5.74, 6) is 1.15. The number of amides is 1. The molecule has 0 bridgehead atoms. The molecule has 0 saturated carbocycles. The van der Waals surface area contributed by atoms with E-state index in [0.717, 1.165) is 37.9 Å². The van der Waals surface area contributed by atoms with E-state index < -0.39 is 0 Å². The largest absolute Gasteiger partial charge is 0.493 e. The third-order valence-electron chi connectivity index (χ3n) is 5.16. The van der Waals surface area contributed by atoms with E-state index in [9.17, 15) is 10.1 Å². The first-order valence-electron chi connectivity index (χ1n) is 9.50. The number of hydrogen-bond donors (Lipinski definition) is 1. The van der Waals surface area contributed by atoms with Crippen molar-refractivity contribution in [1.82, 2.24) is 15.1 Å². The Labute approximate surface area is 167 Å². The summed E-state index contributed by atoms with van der Waals surface area (Å²) >= 11 is 0. The summed E-state index contributed by atoms with van der Waals surface area (Å²) in [5, 5.41) is 12.5. The standard InChI is InChI=1S/C21H30N4O3/c1-24-11-8-18(9-12-24)25(2)21(26)17(14-22)15-23-10-7-16-5-6-19(27-3)20(13-16)28-4/h5-6,13,15,18,23H,7-12H2,1-4H3/b17-15-. The molecule has 1 saturated heterocycles. The average Bonchev–Trinajstić information content (AvgIpc) is 2.73. The molecule has 28 heavy (non-hydrogen) atoms. The molecular weight excluding hydrogens is 356 g/mol. The molecule has 7 heteroatoms. The molecule has 1 fully saturated rings. The second-order valence-electron chi connectivity index (χ2n) is 7.01. The Hall–Kier alpha value is -2.72. The lowest BCUT2D eigenvalue weighted by Crippen LogP contribution is -2.45. The van der Waals surface area contributed by atoms with Crippen molar-refractivity contribution in [3.8, 4) is 17.6 Å². The van der Waals surface area contributed by atoms with E-state index in [1.54, 1.807) is 26.2 Å². The summed E-state index contributed by atoms with van der Waals surface area (Å²) in [4.78, 5) is 16.6. The molecule has 0 spiro atoms. The number of methoxy groups -OCH3 is 2. The number of rotatable bonds is 8. The number of benzene rings is 1. The van der Waals surface area contributed by atoms with Gasteiger partial charge in [-0.05, 0) is 57.1 Å². The Kier molecular flexibility index (Phi) is 8.15. The van der Waals surface area contributed by atoms with Crippen molar-refractivity contribution in [2.45, 2.75) is 25.3 Å². The SMILES string of the molecule is COc1ccc(CCN/C=C(/C#N)C(=O)N(C)C2CCN(C)CC2)cc1OC. The van der Waals surface area contributed by atoms with Crippen LogP contribution >= 0.6 is 0 Å². The number of nitrogens with one attached hydrogen (secondary N) is 1. The van der Waals surface area contributed by atoms with Crippen LogP contribution in [0.4, 0.5) is 0 Å². The van der Waals surface area contributed by atoms with Gasteiger partial charge in [-0.25, -0.2) is 0 Å². The summed E-state index contributed by atoms with van der Waals surface area (Å²) in [6, 6.07) is 7.97. The fourth-order valence-corrected chi connectivity index (χ4v) is 3.31. The second kappa shape index (κ2) is 10.6. The van der Waals surface area contributed by atoms with E-state index in [4.69, 9.17) is 9.47 Å². The lowest BCUT2D eigenvalue weighted by atomic mass is 10.0. The van der Waals surface area contributed by atoms with E-state index in [-0.39, 0.29) is 17.5 Å². The van der Waals surface area contributed by atoms with Crippen LogP contribution in [0.25, 0.3) is 0 Å². The van der Waals surface area contributed by atoms with E-state index >= 15 is 0 Å². The van der Waals surface area contributed by atoms with Crippen molar-refractivity contribution < 1.29 is 14.3 Å². The summed E-state index contributed by atoms with van der Waals surface area (Å²) in [7, 11) is 7.08. The number of carbonyl (C=O) groups is 1. The van der Waals surface area contributed by atoms with Gasteiger partial charge < -0.3 is 24.6 Å². The number of likely N-dealkylation sites (N-methyl/N-ethyl adjacent to an activating group) is 1. The van der Waals surface area contributed by atoms with Gasteiger partial charge in [-0.3, -0.25) is 4.79 Å². The minimum absolute atomic E-state index is 0.133. The summed E-state index contributed by atoms with van der Waals surface area (Å²) in [6.07, 6.45) is 4.12. The first-order chi connectivity index (χ1) is 13.5. The normalized spacial score (nSPS) is 15.6. The molecule has 2 rings (SSSR count). The van der Waals surface area contributed by atoms with Crippen molar-refractivity contribution in [2.75, 3.05) is 47.9 Å². The Morgan fingerprint density at radius 1 is 1.32 bits per heavy atom. The number of carbonyl (C=O) groups excluding carboxylic acids is 1. The molecule has 0 atom stereocenters. The van der Waals surface area contributed by atoms with Crippen LogP contribution in [0.2, 0.25) is 0 Å². The molecule has 7 nitrogen and oxygen atoms in total. The molecule has 1 amide bonds. The molecule has 1 heterocycles. The summed E-state index contributed by atoms with van der Waals surface area (Å²) in [5.41, 5.74) is 1.21. The zero-order valence-electron chi connectivity index (χ0n) is 17.2. The highest BCUT2D eigenvalue weighted by Gasteiger charge is 2.25. The number of hydrogen-bond acceptors (Lipinski definition) is 6. The van der Waals surface area contributed by atoms with Gasteiger partial charge in [-0.2, -0.15) is 5.26 Å². The first kappa shape index (κ1) is 21.6. The zero-order valence-corrected chi connectivity index (χ0v) is 17.2. The predicted molar refractivity (Wildman–Crippen MR) is 108 cm³/mol. The molecule has 1 aromatic rings. The fraction of sp³-hybridized carbons (Fsp3) is 0.524.